The van der Waals surface area contributed by atoms with Gasteiger partial charge >= 0.3 is 6.18 Å². The number of rotatable bonds is 2. The summed E-state index contributed by atoms with van der Waals surface area (Å²) in [5.41, 5.74) is -1.56. The highest BCUT2D eigenvalue weighted by atomic mass is 35.5. The van der Waals surface area contributed by atoms with Crippen molar-refractivity contribution in [1.82, 2.24) is 19.6 Å². The molecule has 1 aliphatic rings. The molecule has 0 unspecified atom stereocenters. The summed E-state index contributed by atoms with van der Waals surface area (Å²) in [6.45, 7) is 2.60. The van der Waals surface area contributed by atoms with Crippen LogP contribution in [-0.4, -0.2) is 57.6 Å². The van der Waals surface area contributed by atoms with Crippen molar-refractivity contribution in [2.75, 3.05) is 26.2 Å². The molecule has 2 aromatic rings. The minimum atomic E-state index is -4.79. The molecule has 0 N–H and O–H groups in total. The van der Waals surface area contributed by atoms with E-state index in [9.17, 15) is 22.8 Å². The van der Waals surface area contributed by atoms with Gasteiger partial charge in [0.05, 0.1) is 17.4 Å². The zero-order chi connectivity index (χ0) is 20.5. The van der Waals surface area contributed by atoms with Crippen LogP contribution in [0.2, 0.25) is 5.02 Å². The Labute approximate surface area is 164 Å². The van der Waals surface area contributed by atoms with Gasteiger partial charge in [-0.3, -0.25) is 9.59 Å². The summed E-state index contributed by atoms with van der Waals surface area (Å²) in [4.78, 5) is 27.3. The quantitative estimate of drug-likeness (QED) is 0.758. The normalized spacial score (nSPS) is 15.5. The minimum absolute atomic E-state index is 0.109. The largest absolute Gasteiger partial charge is 0.434 e. The van der Waals surface area contributed by atoms with Gasteiger partial charge < -0.3 is 9.80 Å². The van der Waals surface area contributed by atoms with E-state index in [4.69, 9.17) is 11.6 Å². The van der Waals surface area contributed by atoms with Gasteiger partial charge in [-0.25, -0.2) is 4.68 Å². The number of benzene rings is 1. The fourth-order valence-electron chi connectivity index (χ4n) is 3.19. The first-order valence-corrected chi connectivity index (χ1v) is 9.02. The van der Waals surface area contributed by atoms with E-state index in [0.717, 1.165) is 6.20 Å². The number of hydrogen-bond acceptors (Lipinski definition) is 3. The molecule has 10 heteroatoms. The van der Waals surface area contributed by atoms with Crippen molar-refractivity contribution in [1.29, 1.82) is 0 Å². The molecule has 28 heavy (non-hydrogen) atoms. The highest BCUT2D eigenvalue weighted by molar-refractivity contribution is 6.30. The van der Waals surface area contributed by atoms with E-state index in [1.807, 2.05) is 0 Å². The molecule has 1 aromatic carbocycles. The molecule has 3 rings (SSSR count). The van der Waals surface area contributed by atoms with E-state index in [0.29, 0.717) is 17.6 Å². The molecule has 0 spiro atoms. The Hall–Kier alpha value is -2.55. The SMILES string of the molecule is CC(=O)N1CCCN(C(=O)c2cnn(-c3cccc(Cl)c3)c2C(F)(F)F)CC1. The Bertz CT molecular complexity index is 897. The second kappa shape index (κ2) is 7.83. The zero-order valence-corrected chi connectivity index (χ0v) is 15.8. The molecule has 2 heterocycles. The van der Waals surface area contributed by atoms with Gasteiger partial charge in [0.2, 0.25) is 5.91 Å². The van der Waals surface area contributed by atoms with Crippen molar-refractivity contribution in [3.8, 4) is 5.69 Å². The van der Waals surface area contributed by atoms with Gasteiger partial charge in [0, 0.05) is 38.1 Å². The van der Waals surface area contributed by atoms with Crippen molar-refractivity contribution in [3.05, 3.63) is 46.7 Å². The highest BCUT2D eigenvalue weighted by Gasteiger charge is 2.41. The molecule has 0 saturated carbocycles. The van der Waals surface area contributed by atoms with Gasteiger partial charge in [0.25, 0.3) is 5.91 Å². The minimum Gasteiger partial charge on any atom is -0.341 e. The third kappa shape index (κ3) is 4.14. The molecule has 150 valence electrons. The Morgan fingerprint density at radius 3 is 2.43 bits per heavy atom. The number of alkyl halides is 3. The fourth-order valence-corrected chi connectivity index (χ4v) is 3.37. The van der Waals surface area contributed by atoms with E-state index in [1.165, 1.54) is 36.1 Å². The lowest BCUT2D eigenvalue weighted by atomic mass is 10.2. The van der Waals surface area contributed by atoms with Crippen molar-refractivity contribution in [3.63, 3.8) is 0 Å². The van der Waals surface area contributed by atoms with Gasteiger partial charge in [-0.15, -0.1) is 0 Å². The van der Waals surface area contributed by atoms with Gasteiger partial charge in [0.1, 0.15) is 0 Å². The average molecular weight is 415 g/mol. The maximum Gasteiger partial charge on any atom is 0.434 e. The van der Waals surface area contributed by atoms with Crippen LogP contribution in [0.1, 0.15) is 29.4 Å². The third-order valence-electron chi connectivity index (χ3n) is 4.55. The predicted octanol–water partition coefficient (Wildman–Crippen LogP) is 3.24. The number of amides is 2. The van der Waals surface area contributed by atoms with Crippen molar-refractivity contribution in [2.45, 2.75) is 19.5 Å². The maximum atomic E-state index is 13.8. The second-order valence-corrected chi connectivity index (χ2v) is 6.88. The summed E-state index contributed by atoms with van der Waals surface area (Å²) in [6.07, 6.45) is -3.37. The van der Waals surface area contributed by atoms with Crippen LogP contribution in [0.3, 0.4) is 0 Å². The van der Waals surface area contributed by atoms with Gasteiger partial charge in [0.15, 0.2) is 5.69 Å². The summed E-state index contributed by atoms with van der Waals surface area (Å²) in [5, 5.41) is 4.06. The first-order chi connectivity index (χ1) is 13.2. The summed E-state index contributed by atoms with van der Waals surface area (Å²) >= 11 is 5.88. The van der Waals surface area contributed by atoms with Crippen LogP contribution in [0.4, 0.5) is 13.2 Å². The topological polar surface area (TPSA) is 58.4 Å². The standard InChI is InChI=1S/C18H18ClF3N4O2/c1-12(27)24-6-3-7-25(9-8-24)17(28)15-11-23-26(16(15)18(20,21)22)14-5-2-4-13(19)10-14/h2,4-5,10-11H,3,6-9H2,1H3. The zero-order valence-electron chi connectivity index (χ0n) is 15.0. The maximum absolute atomic E-state index is 13.8. The monoisotopic (exact) mass is 414 g/mol. The van der Waals surface area contributed by atoms with Gasteiger partial charge in [-0.2, -0.15) is 18.3 Å². The number of carbonyl (C=O) groups excluding carboxylic acids is 2. The lowest BCUT2D eigenvalue weighted by molar-refractivity contribution is -0.143. The molecule has 2 amide bonds. The molecule has 6 nitrogen and oxygen atoms in total. The number of aromatic nitrogens is 2. The molecule has 0 radical (unpaired) electrons. The van der Waals surface area contributed by atoms with Crippen LogP contribution >= 0.6 is 11.6 Å². The average Bonchev–Trinajstić information content (AvgIpc) is 2.92. The predicted molar refractivity (Wildman–Crippen MR) is 96.4 cm³/mol. The van der Waals surface area contributed by atoms with Crippen LogP contribution < -0.4 is 0 Å². The second-order valence-electron chi connectivity index (χ2n) is 6.45. The van der Waals surface area contributed by atoms with Crippen LogP contribution in [0.15, 0.2) is 30.5 Å². The van der Waals surface area contributed by atoms with Crippen LogP contribution in [0.5, 0.6) is 0 Å². The Balaban J connectivity index is 1.96. The summed E-state index contributed by atoms with van der Waals surface area (Å²) in [7, 11) is 0. The molecule has 1 fully saturated rings. The Kier molecular flexibility index (Phi) is 5.64. The molecule has 1 saturated heterocycles. The number of nitrogens with zero attached hydrogens (tertiary/aromatic N) is 4. The smallest absolute Gasteiger partial charge is 0.341 e. The molecule has 0 atom stereocenters. The van der Waals surface area contributed by atoms with E-state index in [-0.39, 0.29) is 36.3 Å². The van der Waals surface area contributed by atoms with Crippen molar-refractivity contribution >= 4 is 23.4 Å². The molecule has 1 aliphatic heterocycles. The Morgan fingerprint density at radius 1 is 1.11 bits per heavy atom. The summed E-state index contributed by atoms with van der Waals surface area (Å²) in [6, 6.07) is 5.81. The first-order valence-electron chi connectivity index (χ1n) is 8.64. The fraction of sp³-hybridized carbons (Fsp3) is 0.389. The van der Waals surface area contributed by atoms with Gasteiger partial charge in [-0.1, -0.05) is 17.7 Å². The molecular formula is C18H18ClF3N4O2. The molecular weight excluding hydrogens is 397 g/mol. The van der Waals surface area contributed by atoms with Crippen LogP contribution in [0.25, 0.3) is 5.69 Å². The molecule has 1 aromatic heterocycles. The van der Waals surface area contributed by atoms with Crippen LogP contribution in [0, 0.1) is 0 Å². The Morgan fingerprint density at radius 2 is 1.79 bits per heavy atom. The van der Waals surface area contributed by atoms with Crippen LogP contribution in [-0.2, 0) is 11.0 Å². The highest BCUT2D eigenvalue weighted by Crippen LogP contribution is 2.34. The number of carbonyl (C=O) groups is 2. The summed E-state index contributed by atoms with van der Waals surface area (Å²) in [5.74, 6) is -0.884. The lowest BCUT2D eigenvalue weighted by Gasteiger charge is -2.22. The van der Waals surface area contributed by atoms with Crippen molar-refractivity contribution < 1.29 is 22.8 Å². The van der Waals surface area contributed by atoms with E-state index < -0.39 is 23.3 Å². The molecule has 0 bridgehead atoms. The van der Waals surface area contributed by atoms with Crippen molar-refractivity contribution in [2.24, 2.45) is 0 Å². The lowest BCUT2D eigenvalue weighted by Crippen LogP contribution is -2.37. The number of hydrogen-bond donors (Lipinski definition) is 0. The van der Waals surface area contributed by atoms with E-state index in [1.54, 1.807) is 4.90 Å². The first kappa shape index (κ1) is 20.2. The van der Waals surface area contributed by atoms with E-state index in [2.05, 4.69) is 5.10 Å². The summed E-state index contributed by atoms with van der Waals surface area (Å²) < 4.78 is 42.0. The number of halogens is 4. The molecule has 0 aliphatic carbocycles. The van der Waals surface area contributed by atoms with Gasteiger partial charge in [-0.05, 0) is 24.6 Å². The third-order valence-corrected chi connectivity index (χ3v) is 4.78. The van der Waals surface area contributed by atoms with E-state index >= 15 is 0 Å².